The van der Waals surface area contributed by atoms with E-state index in [2.05, 4.69) is 5.32 Å². The van der Waals surface area contributed by atoms with E-state index >= 15 is 0 Å². The Morgan fingerprint density at radius 2 is 1.70 bits per heavy atom. The predicted octanol–water partition coefficient (Wildman–Crippen LogP) is 2.08. The number of ether oxygens (including phenoxy) is 5. The number of esters is 1. The van der Waals surface area contributed by atoms with Crippen LogP contribution in [-0.2, 0) is 9.53 Å². The van der Waals surface area contributed by atoms with Gasteiger partial charge in [-0.25, -0.2) is 0 Å². The van der Waals surface area contributed by atoms with Crippen molar-refractivity contribution in [1.82, 2.24) is 5.32 Å². The summed E-state index contributed by atoms with van der Waals surface area (Å²) >= 11 is 0. The van der Waals surface area contributed by atoms with Gasteiger partial charge in [-0.05, 0) is 47.9 Å². The number of aliphatic hydroxyl groups is 1. The summed E-state index contributed by atoms with van der Waals surface area (Å²) in [7, 11) is 2.93. The Hall–Kier alpha value is -3.17. The van der Waals surface area contributed by atoms with Crippen LogP contribution in [0.5, 0.6) is 28.7 Å². The lowest BCUT2D eigenvalue weighted by Gasteiger charge is -2.40. The van der Waals surface area contributed by atoms with Crippen LogP contribution < -0.4 is 24.3 Å². The van der Waals surface area contributed by atoms with E-state index in [1.54, 1.807) is 19.1 Å². The lowest BCUT2D eigenvalue weighted by molar-refractivity contribution is -0.141. The lowest BCUT2D eigenvalue weighted by atomic mass is 9.65. The van der Waals surface area contributed by atoms with Gasteiger partial charge in [0.25, 0.3) is 0 Å². The summed E-state index contributed by atoms with van der Waals surface area (Å²) in [5.74, 6) is 0.325. The van der Waals surface area contributed by atoms with E-state index in [9.17, 15) is 15.0 Å². The van der Waals surface area contributed by atoms with Crippen LogP contribution in [-0.4, -0.2) is 56.5 Å². The largest absolute Gasteiger partial charge is 0.502 e. The smallest absolute Gasteiger partial charge is 0.310 e. The Balaban J connectivity index is 1.71. The molecule has 1 fully saturated rings. The number of rotatable bonds is 6. The number of aliphatic hydroxyl groups excluding tert-OH is 1. The van der Waals surface area contributed by atoms with Crippen molar-refractivity contribution in [2.24, 2.45) is 11.8 Å². The molecule has 33 heavy (non-hydrogen) atoms. The van der Waals surface area contributed by atoms with E-state index in [4.69, 9.17) is 23.7 Å². The van der Waals surface area contributed by atoms with Crippen LogP contribution in [0.25, 0.3) is 0 Å². The van der Waals surface area contributed by atoms with Gasteiger partial charge in [0.15, 0.2) is 23.0 Å². The van der Waals surface area contributed by atoms with Gasteiger partial charge >= 0.3 is 5.97 Å². The number of fused-ring (bicyclic) bond motifs is 3. The molecular formula is C24H27NO8. The highest BCUT2D eigenvalue weighted by atomic mass is 16.7. The summed E-state index contributed by atoms with van der Waals surface area (Å²) in [6, 6.07) is 7.08. The van der Waals surface area contributed by atoms with E-state index < -0.39 is 12.0 Å². The fourth-order valence-corrected chi connectivity index (χ4v) is 5.22. The number of aromatic hydroxyl groups is 1. The van der Waals surface area contributed by atoms with Crippen LogP contribution in [0, 0.1) is 11.8 Å². The van der Waals surface area contributed by atoms with Gasteiger partial charge < -0.3 is 39.2 Å². The molecule has 2 aromatic rings. The molecule has 0 saturated carbocycles. The van der Waals surface area contributed by atoms with E-state index in [1.807, 2.05) is 12.1 Å². The first kappa shape index (κ1) is 21.7. The van der Waals surface area contributed by atoms with Crippen LogP contribution >= 0.6 is 0 Å². The Morgan fingerprint density at radius 1 is 1.06 bits per heavy atom. The number of hydrogen-bond donors (Lipinski definition) is 3. The van der Waals surface area contributed by atoms with E-state index in [-0.39, 0.29) is 54.5 Å². The Morgan fingerprint density at radius 3 is 2.30 bits per heavy atom. The number of hydrogen-bond acceptors (Lipinski definition) is 9. The maximum absolute atomic E-state index is 13.0. The molecule has 0 spiro atoms. The van der Waals surface area contributed by atoms with Crippen molar-refractivity contribution in [3.8, 4) is 28.7 Å². The minimum atomic E-state index is -0.553. The zero-order chi connectivity index (χ0) is 23.3. The molecule has 0 bridgehead atoms. The normalized spacial score (nSPS) is 25.8. The van der Waals surface area contributed by atoms with E-state index in [0.29, 0.717) is 18.0 Å². The van der Waals surface area contributed by atoms with Crippen molar-refractivity contribution in [3.05, 3.63) is 41.0 Å². The lowest BCUT2D eigenvalue weighted by Crippen LogP contribution is -2.42. The third-order valence-electron chi connectivity index (χ3n) is 6.68. The molecule has 2 aliphatic heterocycles. The first-order chi connectivity index (χ1) is 15.9. The molecule has 3 N–H and O–H groups in total. The van der Waals surface area contributed by atoms with Gasteiger partial charge in [-0.1, -0.05) is 0 Å². The molecular weight excluding hydrogens is 430 g/mol. The molecule has 9 heteroatoms. The Labute approximate surface area is 191 Å². The minimum absolute atomic E-state index is 0.104. The standard InChI is InChI=1S/C24H27NO8/c1-11(26)8-25-22-14-7-17-16(32-10-33-17)6-13(14)20(21-15(22)9-31-24(21)28)12-4-18(29-2)23(27)19(5-12)30-3/h4-7,11,15,20-22,25-27H,8-10H2,1-3H3/t11?,15-,20+,21-,22+/m0/s1. The number of benzene rings is 2. The highest BCUT2D eigenvalue weighted by Crippen LogP contribution is 2.55. The SMILES string of the molecule is COc1cc([C@@H]2c3cc4c(cc3[C@@H](NCC(C)O)[C@H]3COC(=O)[C@H]23)OCO4)cc(OC)c1O. The second-order valence-corrected chi connectivity index (χ2v) is 8.64. The first-order valence-corrected chi connectivity index (χ1v) is 10.9. The maximum Gasteiger partial charge on any atom is 0.310 e. The number of nitrogens with one attached hydrogen (secondary N) is 1. The molecule has 2 aromatic carbocycles. The average molecular weight is 457 g/mol. The van der Waals surface area contributed by atoms with E-state index in [0.717, 1.165) is 16.7 Å². The van der Waals surface area contributed by atoms with Gasteiger partial charge in [0.2, 0.25) is 12.5 Å². The molecule has 0 amide bonds. The molecule has 1 aliphatic carbocycles. The van der Waals surface area contributed by atoms with Gasteiger partial charge in [0.05, 0.1) is 32.8 Å². The van der Waals surface area contributed by atoms with Crippen molar-refractivity contribution in [2.45, 2.75) is 25.0 Å². The molecule has 0 radical (unpaired) electrons. The monoisotopic (exact) mass is 457 g/mol. The number of carbonyl (C=O) groups is 1. The fraction of sp³-hybridized carbons (Fsp3) is 0.458. The summed E-state index contributed by atoms with van der Waals surface area (Å²) in [6.07, 6.45) is -0.553. The van der Waals surface area contributed by atoms with Crippen molar-refractivity contribution < 1.29 is 38.7 Å². The van der Waals surface area contributed by atoms with Crippen molar-refractivity contribution in [1.29, 1.82) is 0 Å². The number of phenols is 1. The second-order valence-electron chi connectivity index (χ2n) is 8.64. The number of carbonyl (C=O) groups excluding carboxylic acids is 1. The summed E-state index contributed by atoms with van der Waals surface area (Å²) in [4.78, 5) is 13.0. The van der Waals surface area contributed by atoms with Gasteiger partial charge in [-0.3, -0.25) is 4.79 Å². The Kier molecular flexibility index (Phi) is 5.46. The molecule has 1 unspecified atom stereocenters. The number of methoxy groups -OCH3 is 2. The summed E-state index contributed by atoms with van der Waals surface area (Å²) in [5.41, 5.74) is 2.59. The predicted molar refractivity (Wildman–Crippen MR) is 116 cm³/mol. The topological polar surface area (TPSA) is 116 Å². The molecule has 3 aliphatic rings. The molecule has 9 nitrogen and oxygen atoms in total. The third-order valence-corrected chi connectivity index (χ3v) is 6.68. The van der Waals surface area contributed by atoms with Crippen LogP contribution in [0.2, 0.25) is 0 Å². The summed E-state index contributed by atoms with van der Waals surface area (Å²) in [5, 5.41) is 23.7. The van der Waals surface area contributed by atoms with Crippen LogP contribution in [0.15, 0.2) is 24.3 Å². The van der Waals surface area contributed by atoms with Crippen molar-refractivity contribution >= 4 is 5.97 Å². The Bertz CT molecular complexity index is 1060. The van der Waals surface area contributed by atoms with Gasteiger partial charge in [0, 0.05) is 24.4 Å². The number of phenolic OH excluding ortho intramolecular Hbond substituents is 1. The van der Waals surface area contributed by atoms with Crippen LogP contribution in [0.1, 0.15) is 35.6 Å². The first-order valence-electron chi connectivity index (χ1n) is 10.9. The number of cyclic esters (lactones) is 1. The molecule has 1 saturated heterocycles. The average Bonchev–Trinajstić information content (AvgIpc) is 3.42. The molecule has 0 aromatic heterocycles. The molecule has 176 valence electrons. The zero-order valence-corrected chi connectivity index (χ0v) is 18.7. The quantitative estimate of drug-likeness (QED) is 0.561. The van der Waals surface area contributed by atoms with Crippen LogP contribution in [0.3, 0.4) is 0 Å². The van der Waals surface area contributed by atoms with Gasteiger partial charge in [-0.2, -0.15) is 0 Å². The van der Waals surface area contributed by atoms with Gasteiger partial charge in [-0.15, -0.1) is 0 Å². The van der Waals surface area contributed by atoms with Crippen molar-refractivity contribution in [3.63, 3.8) is 0 Å². The van der Waals surface area contributed by atoms with E-state index in [1.165, 1.54) is 14.2 Å². The maximum atomic E-state index is 13.0. The summed E-state index contributed by atoms with van der Waals surface area (Å²) in [6.45, 7) is 2.46. The van der Waals surface area contributed by atoms with Gasteiger partial charge in [0.1, 0.15) is 0 Å². The highest BCUT2D eigenvalue weighted by Gasteiger charge is 2.52. The fourth-order valence-electron chi connectivity index (χ4n) is 5.22. The third kappa shape index (κ3) is 3.52. The minimum Gasteiger partial charge on any atom is -0.502 e. The molecule has 5 rings (SSSR count). The zero-order valence-electron chi connectivity index (χ0n) is 18.7. The molecule has 5 atom stereocenters. The summed E-state index contributed by atoms with van der Waals surface area (Å²) < 4.78 is 27.6. The second kappa shape index (κ2) is 8.31. The van der Waals surface area contributed by atoms with Crippen LogP contribution in [0.4, 0.5) is 0 Å². The molecule has 2 heterocycles. The highest BCUT2D eigenvalue weighted by molar-refractivity contribution is 5.79. The van der Waals surface area contributed by atoms with Crippen molar-refractivity contribution in [2.75, 3.05) is 34.2 Å².